The molecule has 8 nitrogen and oxygen atoms in total. The molecule has 0 bridgehead atoms. The number of anilines is 1. The molecule has 1 unspecified atom stereocenters. The highest BCUT2D eigenvalue weighted by atomic mass is 32.2. The zero-order valence-electron chi connectivity index (χ0n) is 14.7. The predicted octanol–water partition coefficient (Wildman–Crippen LogP) is 1.17. The molecule has 0 aromatic heterocycles. The number of rotatable bonds is 6. The van der Waals surface area contributed by atoms with Crippen molar-refractivity contribution in [3.05, 3.63) is 29.3 Å². The summed E-state index contributed by atoms with van der Waals surface area (Å²) in [5.41, 5.74) is 2.24. The lowest BCUT2D eigenvalue weighted by molar-refractivity contribution is -0.129. The van der Waals surface area contributed by atoms with Crippen LogP contribution in [0.1, 0.15) is 18.1 Å². The molecule has 0 aliphatic carbocycles. The molecule has 0 aliphatic rings. The summed E-state index contributed by atoms with van der Waals surface area (Å²) in [6.07, 6.45) is 2.64. The van der Waals surface area contributed by atoms with Gasteiger partial charge in [-0.1, -0.05) is 18.2 Å². The van der Waals surface area contributed by atoms with Crippen LogP contribution in [0.4, 0.5) is 10.5 Å². The maximum atomic E-state index is 12.3. The van der Waals surface area contributed by atoms with Gasteiger partial charge in [0.2, 0.25) is 0 Å². The highest BCUT2D eigenvalue weighted by Gasteiger charge is 2.29. The molecular weight excluding hydrogens is 344 g/mol. The number of likely N-dealkylation sites (N-methyl/N-ethyl adjacent to an activating group) is 1. The maximum absolute atomic E-state index is 12.3. The Balaban J connectivity index is 2.99. The third kappa shape index (κ3) is 6.08. The monoisotopic (exact) mass is 366 g/mol. The van der Waals surface area contributed by atoms with E-state index in [-0.39, 0.29) is 6.54 Å². The number of nitrogens with one attached hydrogen (secondary N) is 2. The summed E-state index contributed by atoms with van der Waals surface area (Å²) in [6, 6.07) is 3.41. The predicted molar refractivity (Wildman–Crippen MR) is 94.6 cm³/mol. The lowest BCUT2D eigenvalue weighted by Crippen LogP contribution is -2.51. The summed E-state index contributed by atoms with van der Waals surface area (Å²) in [4.78, 5) is 25.3. The number of hydrogen-bond acceptors (Lipinski definition) is 5. The third-order valence-corrected chi connectivity index (χ3v) is 4.43. The lowest BCUT2D eigenvalue weighted by Gasteiger charge is -2.21. The largest absolute Gasteiger partial charge is 0.325 e. The number of carbonyl (C=O) groups is 2. The van der Waals surface area contributed by atoms with Gasteiger partial charge in [0.1, 0.15) is 15.9 Å². The van der Waals surface area contributed by atoms with Gasteiger partial charge in [0.25, 0.3) is 5.91 Å². The number of para-hydroxylation sites is 1. The first kappa shape index (κ1) is 20.4. The number of carbonyl (C=O) groups excluding carboxylic acids is 2. The fourth-order valence-corrected chi connectivity index (χ4v) is 3.09. The Labute approximate surface area is 147 Å². The lowest BCUT2D eigenvalue weighted by atomic mass is 10.1. The molecule has 1 aromatic rings. The fourth-order valence-electron chi connectivity index (χ4n) is 2.26. The van der Waals surface area contributed by atoms with Crippen molar-refractivity contribution in [2.75, 3.05) is 23.9 Å². The van der Waals surface area contributed by atoms with Crippen molar-refractivity contribution in [1.82, 2.24) is 10.2 Å². The molecular formula is C16H22N4O4S. The standard InChI is InChI=1S/C16H22N4O4S/c1-5-20(10-17)15(21)13(9-25(4,23)24)18-16(22)19-14-11(2)7-6-8-12(14)3/h6-8,13H,5,9H2,1-4H3,(H2,18,19,22). The van der Waals surface area contributed by atoms with E-state index in [0.29, 0.717) is 5.69 Å². The van der Waals surface area contributed by atoms with Crippen molar-refractivity contribution in [1.29, 1.82) is 5.26 Å². The van der Waals surface area contributed by atoms with E-state index in [1.807, 2.05) is 32.0 Å². The second-order valence-electron chi connectivity index (χ2n) is 5.69. The number of hydrogen-bond donors (Lipinski definition) is 2. The van der Waals surface area contributed by atoms with Crippen LogP contribution in [-0.2, 0) is 14.6 Å². The van der Waals surface area contributed by atoms with Gasteiger partial charge in [-0.25, -0.2) is 18.1 Å². The number of aryl methyl sites for hydroxylation is 2. The maximum Gasteiger partial charge on any atom is 0.319 e. The molecule has 1 atom stereocenters. The average molecular weight is 366 g/mol. The van der Waals surface area contributed by atoms with Gasteiger partial charge in [0, 0.05) is 18.5 Å². The Morgan fingerprint density at radius 3 is 2.28 bits per heavy atom. The number of nitrogens with zero attached hydrogens (tertiary/aromatic N) is 2. The van der Waals surface area contributed by atoms with Crippen molar-refractivity contribution in [2.24, 2.45) is 0 Å². The molecule has 0 radical (unpaired) electrons. The summed E-state index contributed by atoms with van der Waals surface area (Å²) in [5.74, 6) is -1.36. The van der Waals surface area contributed by atoms with Gasteiger partial charge in [-0.05, 0) is 31.9 Å². The number of amides is 3. The first-order valence-corrected chi connectivity index (χ1v) is 9.67. The quantitative estimate of drug-likeness (QED) is 0.578. The van der Waals surface area contributed by atoms with Crippen molar-refractivity contribution >= 4 is 27.5 Å². The first-order chi connectivity index (χ1) is 11.6. The number of urea groups is 1. The van der Waals surface area contributed by atoms with Gasteiger partial charge >= 0.3 is 6.03 Å². The van der Waals surface area contributed by atoms with Crippen molar-refractivity contribution in [3.8, 4) is 6.19 Å². The minimum absolute atomic E-state index is 0.0792. The van der Waals surface area contributed by atoms with Crippen LogP contribution in [0.15, 0.2) is 18.2 Å². The molecule has 25 heavy (non-hydrogen) atoms. The summed E-state index contributed by atoms with van der Waals surface area (Å²) in [6.45, 7) is 5.29. The Bertz CT molecular complexity index is 779. The Morgan fingerprint density at radius 2 is 1.84 bits per heavy atom. The summed E-state index contributed by atoms with van der Waals surface area (Å²) in [7, 11) is -3.55. The van der Waals surface area contributed by atoms with Crippen LogP contribution in [0.3, 0.4) is 0 Å². The highest BCUT2D eigenvalue weighted by Crippen LogP contribution is 2.19. The van der Waals surface area contributed by atoms with Crippen molar-refractivity contribution < 1.29 is 18.0 Å². The Morgan fingerprint density at radius 1 is 1.28 bits per heavy atom. The van der Waals surface area contributed by atoms with Crippen LogP contribution in [-0.4, -0.2) is 49.9 Å². The van der Waals surface area contributed by atoms with E-state index in [0.717, 1.165) is 22.3 Å². The minimum Gasteiger partial charge on any atom is -0.325 e. The van der Waals surface area contributed by atoms with E-state index in [2.05, 4.69) is 10.6 Å². The zero-order chi connectivity index (χ0) is 19.2. The molecule has 1 aromatic carbocycles. The summed E-state index contributed by atoms with van der Waals surface area (Å²) in [5, 5.41) is 13.9. The molecule has 0 saturated heterocycles. The molecule has 0 aliphatic heterocycles. The van der Waals surface area contributed by atoms with Crippen LogP contribution in [0.2, 0.25) is 0 Å². The molecule has 136 valence electrons. The van der Waals surface area contributed by atoms with Gasteiger partial charge in [-0.2, -0.15) is 5.26 Å². The second kappa shape index (κ2) is 8.48. The molecule has 0 saturated carbocycles. The van der Waals surface area contributed by atoms with Crippen molar-refractivity contribution in [3.63, 3.8) is 0 Å². The second-order valence-corrected chi connectivity index (χ2v) is 7.88. The van der Waals surface area contributed by atoms with Crippen LogP contribution in [0.25, 0.3) is 0 Å². The average Bonchev–Trinajstić information content (AvgIpc) is 2.50. The minimum atomic E-state index is -3.55. The Hall–Kier alpha value is -2.60. The van der Waals surface area contributed by atoms with E-state index in [1.165, 1.54) is 0 Å². The van der Waals surface area contributed by atoms with Crippen LogP contribution in [0, 0.1) is 25.3 Å². The number of sulfone groups is 1. The van der Waals surface area contributed by atoms with Crippen LogP contribution >= 0.6 is 0 Å². The number of nitriles is 1. The molecule has 1 rings (SSSR count). The van der Waals surface area contributed by atoms with Gasteiger partial charge in [0.05, 0.1) is 5.75 Å². The SMILES string of the molecule is CCN(C#N)C(=O)C(CS(C)(=O)=O)NC(=O)Nc1c(C)cccc1C. The van der Waals surface area contributed by atoms with Gasteiger partial charge in [-0.15, -0.1) is 0 Å². The zero-order valence-corrected chi connectivity index (χ0v) is 15.5. The number of benzene rings is 1. The van der Waals surface area contributed by atoms with Crippen LogP contribution < -0.4 is 10.6 Å². The van der Waals surface area contributed by atoms with E-state index in [1.54, 1.807) is 13.1 Å². The van der Waals surface area contributed by atoms with E-state index in [9.17, 15) is 18.0 Å². The van der Waals surface area contributed by atoms with Crippen molar-refractivity contribution in [2.45, 2.75) is 26.8 Å². The fraction of sp³-hybridized carbons (Fsp3) is 0.438. The van der Waals surface area contributed by atoms with Gasteiger partial charge in [-0.3, -0.25) is 4.79 Å². The smallest absolute Gasteiger partial charge is 0.319 e. The third-order valence-electron chi connectivity index (χ3n) is 3.50. The van der Waals surface area contributed by atoms with E-state index < -0.39 is 33.6 Å². The molecule has 0 fully saturated rings. The normalized spacial score (nSPS) is 12.0. The van der Waals surface area contributed by atoms with Gasteiger partial charge in [0.15, 0.2) is 6.19 Å². The van der Waals surface area contributed by atoms with E-state index in [4.69, 9.17) is 5.26 Å². The molecule has 3 amide bonds. The molecule has 9 heteroatoms. The summed E-state index contributed by atoms with van der Waals surface area (Å²) >= 11 is 0. The summed E-state index contributed by atoms with van der Waals surface area (Å²) < 4.78 is 23.1. The first-order valence-electron chi connectivity index (χ1n) is 7.61. The van der Waals surface area contributed by atoms with Crippen LogP contribution in [0.5, 0.6) is 0 Å². The molecule has 0 heterocycles. The van der Waals surface area contributed by atoms with E-state index >= 15 is 0 Å². The molecule has 2 N–H and O–H groups in total. The topological polar surface area (TPSA) is 119 Å². The Kier molecular flexibility index (Phi) is 6.94. The molecule has 0 spiro atoms. The highest BCUT2D eigenvalue weighted by molar-refractivity contribution is 7.90. The van der Waals surface area contributed by atoms with Gasteiger partial charge < -0.3 is 10.6 Å².